The molecule has 0 aliphatic rings. The molecule has 3 aromatic rings. The van der Waals surface area contributed by atoms with Gasteiger partial charge in [-0.05, 0) is 31.2 Å². The van der Waals surface area contributed by atoms with E-state index in [9.17, 15) is 4.79 Å². The molecule has 0 bridgehead atoms. The van der Waals surface area contributed by atoms with Crippen molar-refractivity contribution in [1.82, 2.24) is 10.4 Å². The number of carbonyl (C=O) groups is 1. The van der Waals surface area contributed by atoms with Crippen LogP contribution in [0.25, 0.3) is 10.2 Å². The van der Waals surface area contributed by atoms with Gasteiger partial charge in [0.1, 0.15) is 0 Å². The van der Waals surface area contributed by atoms with Gasteiger partial charge in [0.2, 0.25) is 0 Å². The van der Waals surface area contributed by atoms with Crippen molar-refractivity contribution in [3.63, 3.8) is 0 Å². The van der Waals surface area contributed by atoms with Crippen LogP contribution in [0.15, 0.2) is 51.9 Å². The molecule has 0 radical (unpaired) electrons. The van der Waals surface area contributed by atoms with Crippen LogP contribution < -0.4 is 5.43 Å². The molecule has 0 saturated carbocycles. The number of benzene rings is 2. The molecule has 2 aromatic carbocycles. The van der Waals surface area contributed by atoms with Crippen LogP contribution in [0, 0.1) is 0 Å². The van der Waals surface area contributed by atoms with Gasteiger partial charge in [-0.1, -0.05) is 53.2 Å². The van der Waals surface area contributed by atoms with Crippen molar-refractivity contribution in [2.75, 3.05) is 0 Å². The zero-order valence-electron chi connectivity index (χ0n) is 13.1. The maximum absolute atomic E-state index is 12.2. The second-order valence-electron chi connectivity index (χ2n) is 5.08. The predicted octanol–water partition coefficient (Wildman–Crippen LogP) is 5.23. The summed E-state index contributed by atoms with van der Waals surface area (Å²) in [4.78, 5) is 16.7. The summed E-state index contributed by atoms with van der Waals surface area (Å²) < 4.78 is 1.95. The van der Waals surface area contributed by atoms with Gasteiger partial charge >= 0.3 is 0 Å². The highest BCUT2D eigenvalue weighted by molar-refractivity contribution is 8.02. The number of rotatable bonds is 5. The van der Waals surface area contributed by atoms with Gasteiger partial charge in [-0.3, -0.25) is 4.79 Å². The first kappa shape index (κ1) is 18.2. The summed E-state index contributed by atoms with van der Waals surface area (Å²) in [5.74, 6) is -0.219. The molecule has 1 heterocycles. The summed E-state index contributed by atoms with van der Waals surface area (Å²) >= 11 is 15.1. The van der Waals surface area contributed by atoms with Crippen LogP contribution in [0.3, 0.4) is 0 Å². The van der Waals surface area contributed by atoms with Gasteiger partial charge < -0.3 is 0 Å². The lowest BCUT2D eigenvalue weighted by atomic mass is 10.2. The molecule has 0 aliphatic carbocycles. The lowest BCUT2D eigenvalue weighted by Crippen LogP contribution is -2.26. The number of nitrogens with zero attached hydrogens (tertiary/aromatic N) is 2. The number of aromatic nitrogens is 1. The van der Waals surface area contributed by atoms with Crippen LogP contribution >= 0.6 is 46.3 Å². The minimum absolute atomic E-state index is 0.219. The SMILES string of the molecule is C[C@@H](Sc1nc2ccccc2s1)C(=O)N/N=C\c1c(Cl)cccc1Cl. The van der Waals surface area contributed by atoms with Crippen molar-refractivity contribution in [2.45, 2.75) is 16.5 Å². The monoisotopic (exact) mass is 409 g/mol. The fourth-order valence-electron chi connectivity index (χ4n) is 1.99. The zero-order chi connectivity index (χ0) is 17.8. The van der Waals surface area contributed by atoms with E-state index in [1.165, 1.54) is 18.0 Å². The molecule has 0 spiro atoms. The number of carbonyl (C=O) groups excluding carboxylic acids is 1. The first-order valence-corrected chi connectivity index (χ1v) is 9.79. The van der Waals surface area contributed by atoms with Gasteiger partial charge in [0.05, 0.1) is 31.7 Å². The van der Waals surface area contributed by atoms with E-state index in [1.807, 2.05) is 31.2 Å². The molecule has 4 nitrogen and oxygen atoms in total. The third kappa shape index (κ3) is 4.52. The number of fused-ring (bicyclic) bond motifs is 1. The highest BCUT2D eigenvalue weighted by Crippen LogP contribution is 2.31. The van der Waals surface area contributed by atoms with Crippen molar-refractivity contribution >= 4 is 68.6 Å². The van der Waals surface area contributed by atoms with E-state index in [0.717, 1.165) is 14.6 Å². The van der Waals surface area contributed by atoms with Crippen molar-refractivity contribution in [3.8, 4) is 0 Å². The molecular weight excluding hydrogens is 397 g/mol. The molecule has 3 rings (SSSR count). The molecular formula is C17H13Cl2N3OS2. The lowest BCUT2D eigenvalue weighted by molar-refractivity contribution is -0.120. The molecule has 1 aromatic heterocycles. The fraction of sp³-hybridized carbons (Fsp3) is 0.118. The number of thiazole rings is 1. The Morgan fingerprint density at radius 3 is 2.68 bits per heavy atom. The number of para-hydroxylation sites is 1. The average Bonchev–Trinajstić information content (AvgIpc) is 2.99. The van der Waals surface area contributed by atoms with Crippen LogP contribution in [0.5, 0.6) is 0 Å². The first-order chi connectivity index (χ1) is 12.0. The molecule has 0 aliphatic heterocycles. The number of amides is 1. The molecule has 128 valence electrons. The van der Waals surface area contributed by atoms with Gasteiger partial charge in [-0.2, -0.15) is 5.10 Å². The van der Waals surface area contributed by atoms with E-state index < -0.39 is 0 Å². The van der Waals surface area contributed by atoms with Crippen molar-refractivity contribution in [3.05, 3.63) is 58.1 Å². The van der Waals surface area contributed by atoms with Gasteiger partial charge in [0.25, 0.3) is 5.91 Å². The number of hydrazone groups is 1. The molecule has 0 unspecified atom stereocenters. The topological polar surface area (TPSA) is 54.4 Å². The number of thioether (sulfide) groups is 1. The highest BCUT2D eigenvalue weighted by Gasteiger charge is 2.16. The summed E-state index contributed by atoms with van der Waals surface area (Å²) in [5.41, 5.74) is 4.01. The number of halogens is 2. The fourth-order valence-corrected chi connectivity index (χ4v) is 4.69. The molecule has 0 saturated heterocycles. The Hall–Kier alpha value is -1.60. The molecule has 1 atom stereocenters. The Morgan fingerprint density at radius 1 is 1.24 bits per heavy atom. The maximum atomic E-state index is 12.2. The molecule has 25 heavy (non-hydrogen) atoms. The van der Waals surface area contributed by atoms with E-state index in [1.54, 1.807) is 29.5 Å². The summed E-state index contributed by atoms with van der Waals surface area (Å²) in [7, 11) is 0. The molecule has 1 amide bonds. The van der Waals surface area contributed by atoms with Crippen LogP contribution in [-0.2, 0) is 4.79 Å². The quantitative estimate of drug-likeness (QED) is 0.356. The van der Waals surface area contributed by atoms with Crippen LogP contribution in [0.1, 0.15) is 12.5 Å². The van der Waals surface area contributed by atoms with Gasteiger partial charge in [0.15, 0.2) is 4.34 Å². The van der Waals surface area contributed by atoms with E-state index >= 15 is 0 Å². The number of hydrogen-bond acceptors (Lipinski definition) is 5. The molecule has 8 heteroatoms. The Bertz CT molecular complexity index is 889. The minimum Gasteiger partial charge on any atom is -0.272 e. The first-order valence-electron chi connectivity index (χ1n) is 7.34. The smallest absolute Gasteiger partial charge is 0.253 e. The number of hydrogen-bond donors (Lipinski definition) is 1. The van der Waals surface area contributed by atoms with Crippen molar-refractivity contribution in [2.24, 2.45) is 5.10 Å². The third-order valence-corrected chi connectivity index (χ3v) is 6.18. The second kappa shape index (κ2) is 8.19. The van der Waals surface area contributed by atoms with Crippen molar-refractivity contribution < 1.29 is 4.79 Å². The van der Waals surface area contributed by atoms with Crippen LogP contribution in [0.4, 0.5) is 0 Å². The van der Waals surface area contributed by atoms with E-state index in [4.69, 9.17) is 23.2 Å². The Morgan fingerprint density at radius 2 is 1.96 bits per heavy atom. The number of nitrogens with one attached hydrogen (secondary N) is 1. The van der Waals surface area contributed by atoms with E-state index in [-0.39, 0.29) is 11.2 Å². The van der Waals surface area contributed by atoms with Crippen LogP contribution in [-0.4, -0.2) is 22.4 Å². The lowest BCUT2D eigenvalue weighted by Gasteiger charge is -2.07. The van der Waals surface area contributed by atoms with Gasteiger partial charge in [-0.25, -0.2) is 10.4 Å². The Labute approximate surface area is 163 Å². The van der Waals surface area contributed by atoms with E-state index in [2.05, 4.69) is 15.5 Å². The average molecular weight is 410 g/mol. The van der Waals surface area contributed by atoms with Gasteiger partial charge in [-0.15, -0.1) is 11.3 Å². The van der Waals surface area contributed by atoms with Gasteiger partial charge in [0, 0.05) is 5.56 Å². The second-order valence-corrected chi connectivity index (χ2v) is 8.51. The minimum atomic E-state index is -0.334. The standard InChI is InChI=1S/C17H13Cl2N3OS2/c1-10(24-17-21-14-7-2-3-8-15(14)25-17)16(23)22-20-9-11-12(18)5-4-6-13(11)19/h2-10H,1H3,(H,22,23)/b20-9-/t10-/m1/s1. The summed E-state index contributed by atoms with van der Waals surface area (Å²) in [6.45, 7) is 1.81. The summed E-state index contributed by atoms with van der Waals surface area (Å²) in [6.07, 6.45) is 1.44. The normalized spacial score (nSPS) is 12.6. The van der Waals surface area contributed by atoms with Crippen LogP contribution in [0.2, 0.25) is 10.0 Å². The zero-order valence-corrected chi connectivity index (χ0v) is 16.2. The third-order valence-electron chi connectivity index (χ3n) is 3.29. The van der Waals surface area contributed by atoms with Crippen molar-refractivity contribution in [1.29, 1.82) is 0 Å². The maximum Gasteiger partial charge on any atom is 0.253 e. The largest absolute Gasteiger partial charge is 0.272 e. The molecule has 0 fully saturated rings. The Kier molecular flexibility index (Phi) is 5.96. The summed E-state index contributed by atoms with van der Waals surface area (Å²) in [5, 5.41) is 4.56. The summed E-state index contributed by atoms with van der Waals surface area (Å²) in [6, 6.07) is 13.1. The van der Waals surface area contributed by atoms with E-state index in [0.29, 0.717) is 15.6 Å². The molecule has 1 N–H and O–H groups in total. The Balaban J connectivity index is 1.61. The highest BCUT2D eigenvalue weighted by atomic mass is 35.5. The predicted molar refractivity (Wildman–Crippen MR) is 107 cm³/mol.